The van der Waals surface area contributed by atoms with Gasteiger partial charge in [-0.15, -0.1) is 0 Å². The summed E-state index contributed by atoms with van der Waals surface area (Å²) >= 11 is 0. The molecule has 0 aliphatic heterocycles. The highest BCUT2D eigenvalue weighted by atomic mass is 16.3. The highest BCUT2D eigenvalue weighted by Crippen LogP contribution is 2.70. The summed E-state index contributed by atoms with van der Waals surface area (Å²) in [6.45, 7) is 14.7. The Morgan fingerprint density at radius 2 is 1.39 bits per heavy atom. The number of phenols is 1. The molecule has 7 atom stereocenters. The van der Waals surface area contributed by atoms with Crippen molar-refractivity contribution < 1.29 is 29.4 Å². The number of hydrogen-bond acceptors (Lipinski definition) is 6. The van der Waals surface area contributed by atoms with E-state index in [4.69, 9.17) is 0 Å². The molecule has 6 nitrogen and oxygen atoms in total. The molecule has 0 saturated heterocycles. The van der Waals surface area contributed by atoms with Crippen LogP contribution in [0.3, 0.4) is 0 Å². The van der Waals surface area contributed by atoms with Crippen LogP contribution in [-0.2, 0) is 27.2 Å². The van der Waals surface area contributed by atoms with Crippen molar-refractivity contribution in [3.63, 3.8) is 0 Å². The van der Waals surface area contributed by atoms with Gasteiger partial charge in [0.2, 0.25) is 5.78 Å². The van der Waals surface area contributed by atoms with Crippen molar-refractivity contribution in [2.75, 3.05) is 0 Å². The number of carbonyl (C=O) groups is 4. The van der Waals surface area contributed by atoms with Gasteiger partial charge in [-0.2, -0.15) is 0 Å². The lowest BCUT2D eigenvalue weighted by Crippen LogP contribution is -2.77. The second kappa shape index (κ2) is 12.0. The van der Waals surface area contributed by atoms with E-state index < -0.39 is 57.3 Å². The van der Waals surface area contributed by atoms with Gasteiger partial charge in [-0.25, -0.2) is 0 Å². The smallest absolute Gasteiger partial charge is 0.206 e. The van der Waals surface area contributed by atoms with E-state index in [9.17, 15) is 29.4 Å². The van der Waals surface area contributed by atoms with Gasteiger partial charge in [0.25, 0.3) is 0 Å². The molecule has 0 heterocycles. The fraction of sp³-hybridized carbons (Fsp3) is 0.442. The molecule has 6 heteroatoms. The molecule has 256 valence electrons. The molecule has 0 amide bonds. The molecule has 49 heavy (non-hydrogen) atoms. The van der Waals surface area contributed by atoms with Gasteiger partial charge in [-0.3, -0.25) is 19.2 Å². The normalized spacial score (nSPS) is 31.1. The molecule has 1 fully saturated rings. The standard InChI is InChI=1S/C43H48O6/c1-23(2)35-24(3)33(26(5)44)39(47)43(49)40(48)36-38(46)34-31(25(4)41(36,7)27(6)42(35,43)8)19-20-32(37(34)45)30(21-28-15-11-9-12-16-28)22-29-17-13-10-14-18-29/h9-20,23,25,27,30,35-36,45,49H,21-22H2,1-8H3/t25-,27-,35+,36?,41-,42-,43+/m0/s1. The minimum Gasteiger partial charge on any atom is -0.507 e. The van der Waals surface area contributed by atoms with Crippen LogP contribution >= 0.6 is 0 Å². The quantitative estimate of drug-likeness (QED) is 0.200. The van der Waals surface area contributed by atoms with Crippen LogP contribution in [0.5, 0.6) is 5.75 Å². The van der Waals surface area contributed by atoms with Gasteiger partial charge in [-0.05, 0) is 83.9 Å². The maximum Gasteiger partial charge on any atom is 0.206 e. The highest BCUT2D eigenvalue weighted by molar-refractivity contribution is 6.33. The zero-order chi connectivity index (χ0) is 35.8. The maximum absolute atomic E-state index is 15.0. The lowest BCUT2D eigenvalue weighted by atomic mass is 9.35. The molecule has 3 aromatic rings. The Balaban J connectivity index is 1.53. The molecule has 1 unspecified atom stereocenters. The van der Waals surface area contributed by atoms with Crippen molar-refractivity contribution >= 4 is 23.1 Å². The lowest BCUT2D eigenvalue weighted by Gasteiger charge is -2.66. The summed E-state index contributed by atoms with van der Waals surface area (Å²) in [7, 11) is 0. The van der Waals surface area contributed by atoms with E-state index in [1.807, 2.05) is 107 Å². The van der Waals surface area contributed by atoms with Crippen molar-refractivity contribution in [2.24, 2.45) is 34.5 Å². The molecule has 0 aromatic heterocycles. The van der Waals surface area contributed by atoms with Gasteiger partial charge < -0.3 is 10.2 Å². The van der Waals surface area contributed by atoms with Crippen LogP contribution in [0.1, 0.15) is 99.8 Å². The number of fused-ring (bicyclic) bond motifs is 3. The molecular weight excluding hydrogens is 612 g/mol. The van der Waals surface area contributed by atoms with E-state index in [1.54, 1.807) is 13.8 Å². The van der Waals surface area contributed by atoms with Crippen molar-refractivity contribution in [2.45, 2.75) is 85.7 Å². The predicted octanol–water partition coefficient (Wildman–Crippen LogP) is 7.60. The van der Waals surface area contributed by atoms with E-state index in [1.165, 1.54) is 6.92 Å². The molecule has 2 N–H and O–H groups in total. The van der Waals surface area contributed by atoms with E-state index >= 15 is 0 Å². The van der Waals surface area contributed by atoms with Gasteiger partial charge >= 0.3 is 0 Å². The van der Waals surface area contributed by atoms with E-state index in [0.29, 0.717) is 29.5 Å². The van der Waals surface area contributed by atoms with Crippen molar-refractivity contribution in [3.8, 4) is 5.75 Å². The molecule has 3 aromatic carbocycles. The minimum absolute atomic E-state index is 0.0912. The number of carbonyl (C=O) groups excluding carboxylic acids is 4. The molecular formula is C43H48O6. The first-order chi connectivity index (χ1) is 23.0. The number of rotatable bonds is 7. The summed E-state index contributed by atoms with van der Waals surface area (Å²) in [6, 6.07) is 23.9. The Morgan fingerprint density at radius 1 is 0.857 bits per heavy atom. The maximum atomic E-state index is 15.0. The third-order valence-corrected chi connectivity index (χ3v) is 13.2. The van der Waals surface area contributed by atoms with Crippen LogP contribution < -0.4 is 0 Å². The largest absolute Gasteiger partial charge is 0.507 e. The van der Waals surface area contributed by atoms with E-state index in [0.717, 1.165) is 11.1 Å². The Bertz CT molecular complexity index is 1850. The molecule has 0 bridgehead atoms. The third kappa shape index (κ3) is 4.70. The first-order valence-electron chi connectivity index (χ1n) is 17.5. The van der Waals surface area contributed by atoms with Crippen molar-refractivity contribution in [1.82, 2.24) is 0 Å². The molecule has 0 spiro atoms. The number of ketones is 4. The zero-order valence-electron chi connectivity index (χ0n) is 29.8. The molecule has 3 aliphatic carbocycles. The van der Waals surface area contributed by atoms with E-state index in [2.05, 4.69) is 0 Å². The second-order valence-corrected chi connectivity index (χ2v) is 15.7. The summed E-state index contributed by atoms with van der Waals surface area (Å²) in [6.07, 6.45) is 1.23. The summed E-state index contributed by atoms with van der Waals surface area (Å²) < 4.78 is 0. The third-order valence-electron chi connectivity index (χ3n) is 13.2. The van der Waals surface area contributed by atoms with Crippen LogP contribution in [0.15, 0.2) is 83.9 Å². The number of benzene rings is 3. The average Bonchev–Trinajstić information content (AvgIpc) is 3.05. The Kier molecular flexibility index (Phi) is 8.51. The molecule has 6 rings (SSSR count). The summed E-state index contributed by atoms with van der Waals surface area (Å²) in [5, 5.41) is 24.8. The predicted molar refractivity (Wildman–Crippen MR) is 189 cm³/mol. The number of Topliss-reactive ketones (excluding diaryl/α,β-unsaturated/α-hetero) is 4. The lowest BCUT2D eigenvalue weighted by molar-refractivity contribution is -0.211. The van der Waals surface area contributed by atoms with Crippen LogP contribution in [0.25, 0.3) is 0 Å². The highest BCUT2D eigenvalue weighted by Gasteiger charge is 2.77. The average molecular weight is 661 g/mol. The van der Waals surface area contributed by atoms with E-state index in [-0.39, 0.29) is 34.6 Å². The number of allylic oxidation sites excluding steroid dienone is 1. The Morgan fingerprint density at radius 3 is 1.88 bits per heavy atom. The number of phenolic OH excluding ortho intramolecular Hbond substituents is 1. The van der Waals surface area contributed by atoms with Gasteiger partial charge in [0, 0.05) is 5.41 Å². The molecule has 3 aliphatic rings. The van der Waals surface area contributed by atoms with Crippen LogP contribution in [-0.4, -0.2) is 38.9 Å². The molecule has 0 radical (unpaired) electrons. The Labute approximate surface area is 289 Å². The van der Waals surface area contributed by atoms with Crippen LogP contribution in [0, 0.1) is 34.5 Å². The zero-order valence-corrected chi connectivity index (χ0v) is 29.8. The SMILES string of the molecule is CC(=O)C1=C(C)[C@@H](C(C)C)[C@]2(C)[C@@H](C)[C@@]3(C)C(C(=O)c4c(ccc(C(Cc5ccccc5)Cc5ccccc5)c4O)[C@@H]3C)C(=O)[C@]2(O)C1=O. The summed E-state index contributed by atoms with van der Waals surface area (Å²) in [5.74, 6) is -6.06. The van der Waals surface area contributed by atoms with Gasteiger partial charge in [-0.1, -0.05) is 120 Å². The summed E-state index contributed by atoms with van der Waals surface area (Å²) in [5.41, 5.74) is -0.895. The first kappa shape index (κ1) is 34.7. The van der Waals surface area contributed by atoms with Gasteiger partial charge in [0.15, 0.2) is 23.0 Å². The van der Waals surface area contributed by atoms with Gasteiger partial charge in [0.1, 0.15) is 5.75 Å². The fourth-order valence-electron chi connectivity index (χ4n) is 10.6. The topological polar surface area (TPSA) is 109 Å². The minimum atomic E-state index is -2.59. The van der Waals surface area contributed by atoms with Crippen molar-refractivity contribution in [1.29, 1.82) is 0 Å². The van der Waals surface area contributed by atoms with Crippen molar-refractivity contribution in [3.05, 3.63) is 112 Å². The number of aromatic hydroxyl groups is 1. The number of hydrogen-bond donors (Lipinski definition) is 2. The fourth-order valence-corrected chi connectivity index (χ4v) is 10.6. The van der Waals surface area contributed by atoms with Crippen LogP contribution in [0.2, 0.25) is 0 Å². The monoisotopic (exact) mass is 660 g/mol. The van der Waals surface area contributed by atoms with Crippen LogP contribution in [0.4, 0.5) is 0 Å². The first-order valence-corrected chi connectivity index (χ1v) is 17.5. The second-order valence-electron chi connectivity index (χ2n) is 15.7. The summed E-state index contributed by atoms with van der Waals surface area (Å²) in [4.78, 5) is 57.2. The van der Waals surface area contributed by atoms with Gasteiger partial charge in [0.05, 0.1) is 17.1 Å². The molecule has 1 saturated carbocycles. The Hall–Kier alpha value is -4.16. The number of aliphatic hydroxyl groups is 1.